The smallest absolute Gasteiger partial charge is 0.0149 e. The average molecular weight is 331 g/mol. The number of aryl methyl sites for hydroxylation is 1. The molecule has 2 atom stereocenters. The summed E-state index contributed by atoms with van der Waals surface area (Å²) in [5, 5.41) is 0. The second kappa shape index (κ2) is 7.44. The van der Waals surface area contributed by atoms with Gasteiger partial charge in [-0.2, -0.15) is 0 Å². The van der Waals surface area contributed by atoms with Gasteiger partial charge in [-0.3, -0.25) is 0 Å². The highest BCUT2D eigenvalue weighted by Gasteiger charge is 2.21. The summed E-state index contributed by atoms with van der Waals surface area (Å²) in [4.78, 5) is 0. The second-order valence-corrected chi connectivity index (χ2v) is 7.64. The van der Waals surface area contributed by atoms with Crippen LogP contribution in [0.4, 0.5) is 0 Å². The van der Waals surface area contributed by atoms with E-state index >= 15 is 0 Å². The molecule has 0 bridgehead atoms. The number of hydrogen-bond acceptors (Lipinski definition) is 0. The molecule has 0 fully saturated rings. The van der Waals surface area contributed by atoms with Gasteiger partial charge in [-0.05, 0) is 65.0 Å². The van der Waals surface area contributed by atoms with Crippen LogP contribution in [-0.4, -0.2) is 0 Å². The molecule has 0 nitrogen and oxygen atoms in total. The van der Waals surface area contributed by atoms with E-state index in [0.717, 1.165) is 12.0 Å². The van der Waals surface area contributed by atoms with Crippen LogP contribution in [0.5, 0.6) is 0 Å². The minimum Gasteiger partial charge on any atom is -0.0905 e. The molecule has 2 unspecified atom stereocenters. The lowest BCUT2D eigenvalue weighted by molar-refractivity contribution is 0.662. The average Bonchev–Trinajstić information content (AvgIpc) is 2.73. The van der Waals surface area contributed by atoms with E-state index in [-0.39, 0.29) is 0 Å². The van der Waals surface area contributed by atoms with Crippen LogP contribution in [0, 0.1) is 6.92 Å². The number of benzene rings is 2. The van der Waals surface area contributed by atoms with Crippen LogP contribution in [-0.2, 0) is 0 Å². The van der Waals surface area contributed by atoms with Crippen molar-refractivity contribution in [3.05, 3.63) is 82.9 Å². The van der Waals surface area contributed by atoms with E-state index in [1.807, 2.05) is 0 Å². The van der Waals surface area contributed by atoms with Gasteiger partial charge in [-0.15, -0.1) is 0 Å². The van der Waals surface area contributed by atoms with E-state index in [4.69, 9.17) is 0 Å². The van der Waals surface area contributed by atoms with Gasteiger partial charge in [0.1, 0.15) is 0 Å². The van der Waals surface area contributed by atoms with Gasteiger partial charge in [0.05, 0.1) is 0 Å². The van der Waals surface area contributed by atoms with Gasteiger partial charge >= 0.3 is 0 Å². The van der Waals surface area contributed by atoms with Gasteiger partial charge in [0, 0.05) is 0 Å². The summed E-state index contributed by atoms with van der Waals surface area (Å²) >= 11 is 0. The number of allylic oxidation sites excluding steroid dienone is 3. The van der Waals surface area contributed by atoms with E-state index < -0.39 is 0 Å². The summed E-state index contributed by atoms with van der Waals surface area (Å²) in [5.41, 5.74) is 9.29. The SMILES string of the molecule is C=C1C(c2ccc(C)cc2)=CCC(C)c2cc(C(C)CCC)ccc21. The van der Waals surface area contributed by atoms with Crippen LogP contribution in [0.15, 0.2) is 55.1 Å². The van der Waals surface area contributed by atoms with Crippen molar-refractivity contribution in [2.75, 3.05) is 0 Å². The van der Waals surface area contributed by atoms with Crippen molar-refractivity contribution >= 4 is 11.1 Å². The Hall–Kier alpha value is -2.08. The molecule has 0 saturated carbocycles. The molecule has 0 heterocycles. The van der Waals surface area contributed by atoms with Crippen molar-refractivity contribution in [1.29, 1.82) is 0 Å². The van der Waals surface area contributed by atoms with E-state index in [1.165, 1.54) is 46.2 Å². The first-order chi connectivity index (χ1) is 12.0. The molecule has 0 radical (unpaired) electrons. The maximum Gasteiger partial charge on any atom is -0.0149 e. The Balaban J connectivity index is 2.00. The molecule has 1 aliphatic carbocycles. The quantitative estimate of drug-likeness (QED) is 0.544. The third-order valence-corrected chi connectivity index (χ3v) is 5.59. The topological polar surface area (TPSA) is 0 Å². The van der Waals surface area contributed by atoms with Crippen molar-refractivity contribution in [3.63, 3.8) is 0 Å². The third kappa shape index (κ3) is 3.63. The van der Waals surface area contributed by atoms with Crippen molar-refractivity contribution in [2.45, 2.75) is 58.8 Å². The molecule has 2 aromatic rings. The Morgan fingerprint density at radius 2 is 1.84 bits per heavy atom. The van der Waals surface area contributed by atoms with E-state index in [1.54, 1.807) is 0 Å². The van der Waals surface area contributed by atoms with Crippen molar-refractivity contribution in [3.8, 4) is 0 Å². The predicted octanol–water partition coefficient (Wildman–Crippen LogP) is 7.50. The molecule has 1 aliphatic rings. The highest BCUT2D eigenvalue weighted by molar-refractivity contribution is 6.05. The lowest BCUT2D eigenvalue weighted by Gasteiger charge is -2.19. The molecule has 0 saturated heterocycles. The Bertz CT molecular complexity index is 789. The molecular weight excluding hydrogens is 300 g/mol. The highest BCUT2D eigenvalue weighted by atomic mass is 14.2. The molecule has 0 N–H and O–H groups in total. The summed E-state index contributed by atoms with van der Waals surface area (Å²) < 4.78 is 0. The molecular formula is C25H30. The van der Waals surface area contributed by atoms with Crippen LogP contribution < -0.4 is 0 Å². The monoisotopic (exact) mass is 330 g/mol. The summed E-state index contributed by atoms with van der Waals surface area (Å²) in [6.45, 7) is 13.6. The molecule has 0 spiro atoms. The van der Waals surface area contributed by atoms with E-state index in [2.05, 4.69) is 82.8 Å². The Labute approximate surface area is 153 Å². The Morgan fingerprint density at radius 3 is 2.52 bits per heavy atom. The predicted molar refractivity (Wildman–Crippen MR) is 111 cm³/mol. The molecule has 130 valence electrons. The molecule has 25 heavy (non-hydrogen) atoms. The van der Waals surface area contributed by atoms with Crippen LogP contribution in [0.3, 0.4) is 0 Å². The zero-order valence-corrected chi connectivity index (χ0v) is 16.1. The number of fused-ring (bicyclic) bond motifs is 1. The van der Waals surface area contributed by atoms with Gasteiger partial charge < -0.3 is 0 Å². The fraction of sp³-hybridized carbons (Fsp3) is 0.360. The fourth-order valence-corrected chi connectivity index (χ4v) is 3.89. The minimum atomic E-state index is 0.531. The minimum absolute atomic E-state index is 0.531. The van der Waals surface area contributed by atoms with Gasteiger partial charge in [-0.25, -0.2) is 0 Å². The summed E-state index contributed by atoms with van der Waals surface area (Å²) in [7, 11) is 0. The lowest BCUT2D eigenvalue weighted by atomic mass is 9.86. The first kappa shape index (κ1) is 17.7. The van der Waals surface area contributed by atoms with Gasteiger partial charge in [0.2, 0.25) is 0 Å². The molecule has 3 rings (SSSR count). The zero-order valence-electron chi connectivity index (χ0n) is 16.1. The van der Waals surface area contributed by atoms with Crippen molar-refractivity contribution < 1.29 is 0 Å². The Kier molecular flexibility index (Phi) is 5.27. The molecule has 0 amide bonds. The maximum absolute atomic E-state index is 4.47. The first-order valence-electron chi connectivity index (χ1n) is 9.62. The summed E-state index contributed by atoms with van der Waals surface area (Å²) in [5.74, 6) is 1.16. The summed E-state index contributed by atoms with van der Waals surface area (Å²) in [6.07, 6.45) is 5.94. The first-order valence-corrected chi connectivity index (χ1v) is 9.62. The number of rotatable bonds is 4. The second-order valence-electron chi connectivity index (χ2n) is 7.64. The van der Waals surface area contributed by atoms with Crippen LogP contribution >= 0.6 is 0 Å². The van der Waals surface area contributed by atoms with E-state index in [9.17, 15) is 0 Å². The standard InChI is InChI=1S/C25H30/c1-6-7-18(3)22-13-15-24-20(5)23(14-10-19(4)25(24)16-22)21-11-8-17(2)9-12-21/h8-9,11-16,18-19H,5-7,10H2,1-4H3. The van der Waals surface area contributed by atoms with Gasteiger partial charge in [0.25, 0.3) is 0 Å². The highest BCUT2D eigenvalue weighted by Crippen LogP contribution is 2.41. The normalized spacial score (nSPS) is 18.3. The van der Waals surface area contributed by atoms with E-state index in [0.29, 0.717) is 11.8 Å². The maximum atomic E-state index is 4.47. The largest absolute Gasteiger partial charge is 0.0905 e. The van der Waals surface area contributed by atoms with Crippen LogP contribution in [0.1, 0.15) is 79.7 Å². The third-order valence-electron chi connectivity index (χ3n) is 5.59. The summed E-state index contributed by atoms with van der Waals surface area (Å²) in [6, 6.07) is 15.9. The van der Waals surface area contributed by atoms with Crippen LogP contribution in [0.25, 0.3) is 11.1 Å². The Morgan fingerprint density at radius 1 is 1.12 bits per heavy atom. The molecule has 2 aromatic carbocycles. The van der Waals surface area contributed by atoms with Crippen molar-refractivity contribution in [1.82, 2.24) is 0 Å². The molecule has 0 heteroatoms. The number of hydrogen-bond donors (Lipinski definition) is 0. The van der Waals surface area contributed by atoms with Gasteiger partial charge in [0.15, 0.2) is 0 Å². The fourth-order valence-electron chi connectivity index (χ4n) is 3.89. The lowest BCUT2D eigenvalue weighted by Crippen LogP contribution is -2.00. The van der Waals surface area contributed by atoms with Crippen molar-refractivity contribution in [2.24, 2.45) is 0 Å². The zero-order chi connectivity index (χ0) is 18.0. The molecule has 0 aromatic heterocycles. The van der Waals surface area contributed by atoms with Gasteiger partial charge in [-0.1, -0.05) is 87.9 Å². The molecule has 0 aliphatic heterocycles. The van der Waals surface area contributed by atoms with Crippen LogP contribution in [0.2, 0.25) is 0 Å².